The van der Waals surface area contributed by atoms with Crippen LogP contribution in [0.2, 0.25) is 5.02 Å². The molecule has 0 atom stereocenters. The summed E-state index contributed by atoms with van der Waals surface area (Å²) >= 11 is 9.58. The number of aryl methyl sites for hydroxylation is 1. The summed E-state index contributed by atoms with van der Waals surface area (Å²) in [7, 11) is 3.79. The Labute approximate surface area is 160 Å². The topological polar surface area (TPSA) is 53.9 Å². The van der Waals surface area contributed by atoms with Gasteiger partial charge in [-0.3, -0.25) is 0 Å². The molecule has 0 aliphatic rings. The Kier molecular flexibility index (Phi) is 5.20. The summed E-state index contributed by atoms with van der Waals surface area (Å²) in [6.07, 6.45) is 0. The number of benzene rings is 2. The molecule has 3 rings (SSSR count). The summed E-state index contributed by atoms with van der Waals surface area (Å²) in [6, 6.07) is 13.5. The molecule has 0 saturated carbocycles. The third-order valence-corrected chi connectivity index (χ3v) is 4.33. The molecule has 0 unspecified atom stereocenters. The zero-order valence-electron chi connectivity index (χ0n) is 14.1. The summed E-state index contributed by atoms with van der Waals surface area (Å²) in [5.74, 6) is 1.64. The lowest BCUT2D eigenvalue weighted by molar-refractivity contribution is 0.965. The average Bonchev–Trinajstić information content (AvgIpc) is 2.59. The number of nitrogens with one attached hydrogen (secondary N) is 1. The molecule has 2 aromatic carbocycles. The number of rotatable bonds is 4. The van der Waals surface area contributed by atoms with Crippen molar-refractivity contribution in [2.24, 2.45) is 0 Å². The van der Waals surface area contributed by atoms with Crippen LogP contribution in [0.25, 0.3) is 11.4 Å². The van der Waals surface area contributed by atoms with Crippen LogP contribution in [-0.4, -0.2) is 29.0 Å². The van der Waals surface area contributed by atoms with Crippen molar-refractivity contribution in [1.82, 2.24) is 15.0 Å². The van der Waals surface area contributed by atoms with Gasteiger partial charge in [-0.25, -0.2) is 0 Å². The Morgan fingerprint density at radius 3 is 2.40 bits per heavy atom. The summed E-state index contributed by atoms with van der Waals surface area (Å²) in [5, 5.41) is 3.88. The van der Waals surface area contributed by atoms with Crippen LogP contribution in [0, 0.1) is 6.92 Å². The third-order valence-electron chi connectivity index (χ3n) is 3.56. The smallest absolute Gasteiger partial charge is 0.232 e. The van der Waals surface area contributed by atoms with Crippen LogP contribution >= 0.6 is 27.5 Å². The van der Waals surface area contributed by atoms with E-state index in [2.05, 4.69) is 36.2 Å². The van der Waals surface area contributed by atoms with Gasteiger partial charge in [-0.1, -0.05) is 33.6 Å². The highest BCUT2D eigenvalue weighted by Crippen LogP contribution is 2.26. The Bertz CT molecular complexity index is 896. The van der Waals surface area contributed by atoms with E-state index in [4.69, 9.17) is 11.6 Å². The minimum absolute atomic E-state index is 0.482. The molecule has 0 saturated heterocycles. The molecule has 5 nitrogen and oxygen atoms in total. The lowest BCUT2D eigenvalue weighted by atomic mass is 10.1. The number of anilines is 3. The molecule has 0 aliphatic heterocycles. The van der Waals surface area contributed by atoms with E-state index < -0.39 is 0 Å². The van der Waals surface area contributed by atoms with Gasteiger partial charge in [0.15, 0.2) is 5.82 Å². The molecule has 0 fully saturated rings. The number of aromatic nitrogens is 3. The maximum atomic E-state index is 6.15. The van der Waals surface area contributed by atoms with Gasteiger partial charge in [0.2, 0.25) is 11.9 Å². The van der Waals surface area contributed by atoms with Gasteiger partial charge in [0.05, 0.1) is 0 Å². The minimum Gasteiger partial charge on any atom is -0.347 e. The molecule has 128 valence electrons. The lowest BCUT2D eigenvalue weighted by Crippen LogP contribution is -2.15. The predicted molar refractivity (Wildman–Crippen MR) is 107 cm³/mol. The van der Waals surface area contributed by atoms with Gasteiger partial charge in [-0.05, 0) is 48.9 Å². The molecule has 0 spiro atoms. The Hall–Kier alpha value is -2.18. The second-order valence-electron chi connectivity index (χ2n) is 5.77. The van der Waals surface area contributed by atoms with E-state index in [1.54, 1.807) is 0 Å². The maximum Gasteiger partial charge on any atom is 0.232 e. The first-order valence-electron chi connectivity index (χ1n) is 7.65. The van der Waals surface area contributed by atoms with Gasteiger partial charge in [0.25, 0.3) is 0 Å². The van der Waals surface area contributed by atoms with Crippen molar-refractivity contribution in [3.05, 3.63) is 57.5 Å². The molecule has 0 radical (unpaired) electrons. The molecule has 1 heterocycles. The van der Waals surface area contributed by atoms with Crippen molar-refractivity contribution in [1.29, 1.82) is 0 Å². The normalized spacial score (nSPS) is 10.6. The molecule has 3 aromatic rings. The van der Waals surface area contributed by atoms with Crippen molar-refractivity contribution in [3.8, 4) is 11.4 Å². The van der Waals surface area contributed by atoms with Crippen molar-refractivity contribution >= 4 is 45.1 Å². The Balaban J connectivity index is 2.05. The average molecular weight is 419 g/mol. The van der Waals surface area contributed by atoms with E-state index in [0.717, 1.165) is 21.3 Å². The summed E-state index contributed by atoms with van der Waals surface area (Å²) in [4.78, 5) is 15.5. The van der Waals surface area contributed by atoms with Crippen molar-refractivity contribution in [2.75, 3.05) is 24.3 Å². The predicted octanol–water partition coefficient (Wildman–Crippen LogP) is 5.07. The summed E-state index contributed by atoms with van der Waals surface area (Å²) in [6.45, 7) is 2.01. The van der Waals surface area contributed by atoms with E-state index in [-0.39, 0.29) is 0 Å². The van der Waals surface area contributed by atoms with Crippen molar-refractivity contribution in [3.63, 3.8) is 0 Å². The van der Waals surface area contributed by atoms with E-state index >= 15 is 0 Å². The Morgan fingerprint density at radius 2 is 1.72 bits per heavy atom. The van der Waals surface area contributed by atoms with Crippen molar-refractivity contribution in [2.45, 2.75) is 6.92 Å². The maximum absolute atomic E-state index is 6.15. The summed E-state index contributed by atoms with van der Waals surface area (Å²) in [5.41, 5.74) is 2.83. The fraction of sp³-hybridized carbons (Fsp3) is 0.167. The standard InChI is InChI=1S/C18H17BrClN5/c1-11-4-7-13(20)10-15(11)16-22-17(24-18(23-16)25(2)3)21-14-8-5-12(19)6-9-14/h4-10H,1-3H3,(H,21,22,23,24). The first-order valence-corrected chi connectivity index (χ1v) is 8.82. The fourth-order valence-corrected chi connectivity index (χ4v) is 2.67. The molecule has 7 heteroatoms. The van der Waals surface area contributed by atoms with Crippen LogP contribution < -0.4 is 10.2 Å². The monoisotopic (exact) mass is 417 g/mol. The molecule has 0 aliphatic carbocycles. The second kappa shape index (κ2) is 7.37. The largest absolute Gasteiger partial charge is 0.347 e. The zero-order chi connectivity index (χ0) is 18.0. The van der Waals surface area contributed by atoms with Gasteiger partial charge < -0.3 is 10.2 Å². The van der Waals surface area contributed by atoms with E-state index in [0.29, 0.717) is 22.7 Å². The van der Waals surface area contributed by atoms with Crippen molar-refractivity contribution < 1.29 is 0 Å². The number of halogens is 2. The minimum atomic E-state index is 0.482. The quantitative estimate of drug-likeness (QED) is 0.641. The summed E-state index contributed by atoms with van der Waals surface area (Å²) < 4.78 is 1.01. The van der Waals surface area contributed by atoms with Crippen LogP contribution in [0.15, 0.2) is 46.9 Å². The first-order chi connectivity index (χ1) is 11.9. The highest BCUT2D eigenvalue weighted by Gasteiger charge is 2.12. The highest BCUT2D eigenvalue weighted by molar-refractivity contribution is 9.10. The first kappa shape index (κ1) is 17.6. The molecule has 1 N–H and O–H groups in total. The SMILES string of the molecule is Cc1ccc(Cl)cc1-c1nc(Nc2ccc(Br)cc2)nc(N(C)C)n1. The lowest BCUT2D eigenvalue weighted by Gasteiger charge is -2.14. The van der Waals surface area contributed by atoms with Crippen LogP contribution in [-0.2, 0) is 0 Å². The van der Waals surface area contributed by atoms with Crippen LogP contribution in [0.1, 0.15) is 5.56 Å². The van der Waals surface area contributed by atoms with Gasteiger partial charge in [-0.15, -0.1) is 0 Å². The van der Waals surface area contributed by atoms with Gasteiger partial charge in [-0.2, -0.15) is 15.0 Å². The Morgan fingerprint density at radius 1 is 1.00 bits per heavy atom. The zero-order valence-corrected chi connectivity index (χ0v) is 16.4. The number of hydrogen-bond acceptors (Lipinski definition) is 5. The molecule has 0 bridgehead atoms. The molecule has 25 heavy (non-hydrogen) atoms. The van der Waals surface area contributed by atoms with E-state index in [1.807, 2.05) is 68.4 Å². The van der Waals surface area contributed by atoms with E-state index in [1.165, 1.54) is 0 Å². The number of nitrogens with zero attached hydrogens (tertiary/aromatic N) is 4. The van der Waals surface area contributed by atoms with Crippen LogP contribution in [0.3, 0.4) is 0 Å². The molecule has 0 amide bonds. The van der Waals surface area contributed by atoms with Gasteiger partial charge in [0.1, 0.15) is 0 Å². The molecule has 1 aromatic heterocycles. The number of hydrogen-bond donors (Lipinski definition) is 1. The molecular weight excluding hydrogens is 402 g/mol. The van der Waals surface area contributed by atoms with Crippen LogP contribution in [0.4, 0.5) is 17.6 Å². The van der Waals surface area contributed by atoms with Gasteiger partial charge in [0, 0.05) is 34.8 Å². The second-order valence-corrected chi connectivity index (χ2v) is 7.12. The molecular formula is C18H17BrClN5. The van der Waals surface area contributed by atoms with Gasteiger partial charge >= 0.3 is 0 Å². The fourth-order valence-electron chi connectivity index (χ4n) is 2.24. The third kappa shape index (κ3) is 4.27. The van der Waals surface area contributed by atoms with Crippen LogP contribution in [0.5, 0.6) is 0 Å². The highest BCUT2D eigenvalue weighted by atomic mass is 79.9. The van der Waals surface area contributed by atoms with E-state index in [9.17, 15) is 0 Å².